The quantitative estimate of drug-likeness (QED) is 0.649. The Kier molecular flexibility index (Phi) is 6.84. The van der Waals surface area contributed by atoms with Crippen molar-refractivity contribution in [3.8, 4) is 17.2 Å². The summed E-state index contributed by atoms with van der Waals surface area (Å²) in [6.45, 7) is 1.37. The van der Waals surface area contributed by atoms with Crippen molar-refractivity contribution >= 4 is 23.2 Å². The van der Waals surface area contributed by atoms with Crippen molar-refractivity contribution in [3.63, 3.8) is 0 Å². The third-order valence-corrected chi connectivity index (χ3v) is 6.02. The van der Waals surface area contributed by atoms with Crippen LogP contribution < -0.4 is 19.1 Å². The molecule has 0 aromatic heterocycles. The molecule has 0 aliphatic carbocycles. The molecule has 2 aromatic carbocycles. The Morgan fingerprint density at radius 3 is 2.59 bits per heavy atom. The standard InChI is InChI=1S/C23H24ClF3N2O5/c1-28(21(31)23(25,26)27)17-4-2-3-5-18(17)32-14-16(30)13-29-10-8-22(9-11-29)33-19-7-6-15(24)12-20(19)34-22/h2-7,12,16,30H,8-11,13-14H2,1H3/t16-/m1/s1. The number of fused-ring (bicyclic) bond motifs is 1. The van der Waals surface area contributed by atoms with Gasteiger partial charge >= 0.3 is 12.1 Å². The Labute approximate surface area is 199 Å². The van der Waals surface area contributed by atoms with Crippen molar-refractivity contribution in [1.82, 2.24) is 4.90 Å². The first-order chi connectivity index (χ1) is 16.1. The van der Waals surface area contributed by atoms with Crippen LogP contribution >= 0.6 is 11.6 Å². The van der Waals surface area contributed by atoms with E-state index >= 15 is 0 Å². The fourth-order valence-electron chi connectivity index (χ4n) is 4.04. The van der Waals surface area contributed by atoms with E-state index in [0.29, 0.717) is 53.9 Å². The molecule has 1 N–H and O–H groups in total. The van der Waals surface area contributed by atoms with Gasteiger partial charge in [0.1, 0.15) is 18.5 Å². The molecule has 2 aromatic rings. The van der Waals surface area contributed by atoms with Gasteiger partial charge in [-0.25, -0.2) is 0 Å². The van der Waals surface area contributed by atoms with Crippen LogP contribution in [0, 0.1) is 0 Å². The van der Waals surface area contributed by atoms with Crippen LogP contribution in [0.25, 0.3) is 0 Å². The van der Waals surface area contributed by atoms with Gasteiger partial charge in [0.25, 0.3) is 5.79 Å². The molecule has 1 spiro atoms. The zero-order valence-corrected chi connectivity index (χ0v) is 19.1. The summed E-state index contributed by atoms with van der Waals surface area (Å²) in [5, 5.41) is 11.0. The van der Waals surface area contributed by atoms with Gasteiger partial charge in [-0.15, -0.1) is 0 Å². The van der Waals surface area contributed by atoms with Crippen LogP contribution in [0.15, 0.2) is 42.5 Å². The number of aliphatic hydroxyl groups excluding tert-OH is 1. The number of carbonyl (C=O) groups excluding carboxylic acids is 1. The van der Waals surface area contributed by atoms with Gasteiger partial charge in [0.05, 0.1) is 5.69 Å². The number of alkyl halides is 3. The summed E-state index contributed by atoms with van der Waals surface area (Å²) in [5.41, 5.74) is -0.0351. The zero-order chi connectivity index (χ0) is 24.5. The van der Waals surface area contributed by atoms with Gasteiger partial charge in [0.15, 0.2) is 11.5 Å². The summed E-state index contributed by atoms with van der Waals surface area (Å²) in [4.78, 5) is 14.1. The molecule has 1 amide bonds. The van der Waals surface area contributed by atoms with Crippen LogP contribution in [0.1, 0.15) is 12.8 Å². The first-order valence-corrected chi connectivity index (χ1v) is 11.1. The minimum atomic E-state index is -5.01. The Morgan fingerprint density at radius 1 is 1.21 bits per heavy atom. The van der Waals surface area contributed by atoms with Gasteiger partial charge in [-0.2, -0.15) is 13.2 Å². The highest BCUT2D eigenvalue weighted by atomic mass is 35.5. The molecule has 34 heavy (non-hydrogen) atoms. The molecule has 1 saturated heterocycles. The van der Waals surface area contributed by atoms with Gasteiger partial charge < -0.3 is 29.1 Å². The van der Waals surface area contributed by atoms with Gasteiger partial charge in [-0.05, 0) is 24.3 Å². The average molecular weight is 501 g/mol. The van der Waals surface area contributed by atoms with E-state index in [1.165, 1.54) is 18.2 Å². The Morgan fingerprint density at radius 2 is 1.88 bits per heavy atom. The summed E-state index contributed by atoms with van der Waals surface area (Å²) >= 11 is 6.01. The van der Waals surface area contributed by atoms with Gasteiger partial charge in [-0.1, -0.05) is 23.7 Å². The topological polar surface area (TPSA) is 71.5 Å². The molecule has 7 nitrogen and oxygen atoms in total. The molecule has 4 rings (SSSR count). The number of rotatable bonds is 6. The molecule has 1 atom stereocenters. The molecule has 0 radical (unpaired) electrons. The molecule has 2 aliphatic heterocycles. The number of β-amino-alcohol motifs (C(OH)–C–C–N with tert-alkyl or cyclic N) is 1. The number of halogens is 4. The number of ether oxygens (including phenoxy) is 3. The van der Waals surface area contributed by atoms with Gasteiger partial charge in [-0.3, -0.25) is 4.79 Å². The fourth-order valence-corrected chi connectivity index (χ4v) is 4.20. The van der Waals surface area contributed by atoms with E-state index in [-0.39, 0.29) is 18.0 Å². The molecule has 0 unspecified atom stereocenters. The van der Waals surface area contributed by atoms with E-state index in [0.717, 1.165) is 7.05 Å². The van der Waals surface area contributed by atoms with E-state index in [9.17, 15) is 23.1 Å². The molecule has 2 aliphatic rings. The van der Waals surface area contributed by atoms with Crippen LogP contribution in [0.3, 0.4) is 0 Å². The van der Waals surface area contributed by atoms with Crippen LogP contribution in [-0.2, 0) is 4.79 Å². The number of likely N-dealkylation sites (tertiary alicyclic amines) is 1. The number of hydrogen-bond acceptors (Lipinski definition) is 6. The maximum atomic E-state index is 12.8. The second kappa shape index (κ2) is 9.52. The molecule has 184 valence electrons. The van der Waals surface area contributed by atoms with Crippen LogP contribution in [0.5, 0.6) is 17.2 Å². The summed E-state index contributed by atoms with van der Waals surface area (Å²) in [7, 11) is 1.03. The third-order valence-electron chi connectivity index (χ3n) is 5.79. The molecule has 0 saturated carbocycles. The second-order valence-electron chi connectivity index (χ2n) is 8.30. The Balaban J connectivity index is 1.28. The van der Waals surface area contributed by atoms with E-state index in [1.54, 1.807) is 24.3 Å². The van der Waals surface area contributed by atoms with Crippen LogP contribution in [0.4, 0.5) is 18.9 Å². The number of para-hydroxylation sites is 2. The molecule has 11 heteroatoms. The number of amides is 1. The van der Waals surface area contributed by atoms with Crippen molar-refractivity contribution in [2.75, 3.05) is 38.2 Å². The average Bonchev–Trinajstić information content (AvgIpc) is 3.15. The number of benzene rings is 2. The minimum Gasteiger partial charge on any atom is -0.489 e. The van der Waals surface area contributed by atoms with E-state index < -0.39 is 24.0 Å². The lowest BCUT2D eigenvalue weighted by molar-refractivity contribution is -0.170. The van der Waals surface area contributed by atoms with E-state index in [4.69, 9.17) is 25.8 Å². The second-order valence-corrected chi connectivity index (χ2v) is 8.74. The third kappa shape index (κ3) is 5.34. The first-order valence-electron chi connectivity index (χ1n) is 10.7. The lowest BCUT2D eigenvalue weighted by Crippen LogP contribution is -2.51. The lowest BCUT2D eigenvalue weighted by Gasteiger charge is -2.38. The number of aliphatic hydroxyl groups is 1. The monoisotopic (exact) mass is 500 g/mol. The van der Waals surface area contributed by atoms with E-state index in [2.05, 4.69) is 0 Å². The molecular weight excluding hydrogens is 477 g/mol. The fraction of sp³-hybridized carbons (Fsp3) is 0.435. The van der Waals surface area contributed by atoms with Crippen molar-refractivity contribution < 1.29 is 37.3 Å². The van der Waals surface area contributed by atoms with Gasteiger partial charge in [0.2, 0.25) is 0 Å². The highest BCUT2D eigenvalue weighted by Crippen LogP contribution is 2.44. The summed E-state index contributed by atoms with van der Waals surface area (Å²) in [5.74, 6) is -1.42. The number of anilines is 1. The van der Waals surface area contributed by atoms with Crippen LogP contribution in [0.2, 0.25) is 5.02 Å². The predicted octanol–water partition coefficient (Wildman–Crippen LogP) is 3.87. The van der Waals surface area contributed by atoms with Gasteiger partial charge in [0, 0.05) is 50.6 Å². The number of nitrogens with zero attached hydrogens (tertiary/aromatic N) is 2. The lowest BCUT2D eigenvalue weighted by atomic mass is 10.0. The maximum Gasteiger partial charge on any atom is 0.471 e. The van der Waals surface area contributed by atoms with Crippen molar-refractivity contribution in [3.05, 3.63) is 47.5 Å². The molecule has 2 heterocycles. The summed E-state index contributed by atoms with van der Waals surface area (Å²) in [6, 6.07) is 11.1. The summed E-state index contributed by atoms with van der Waals surface area (Å²) in [6.07, 6.45) is -4.74. The van der Waals surface area contributed by atoms with Crippen molar-refractivity contribution in [1.29, 1.82) is 0 Å². The Hall–Kier alpha value is -2.69. The smallest absolute Gasteiger partial charge is 0.471 e. The first kappa shape index (κ1) is 24.4. The van der Waals surface area contributed by atoms with Crippen molar-refractivity contribution in [2.24, 2.45) is 0 Å². The number of piperidine rings is 1. The maximum absolute atomic E-state index is 12.8. The molecule has 1 fully saturated rings. The highest BCUT2D eigenvalue weighted by molar-refractivity contribution is 6.30. The Bertz CT molecular complexity index is 1040. The predicted molar refractivity (Wildman–Crippen MR) is 119 cm³/mol. The zero-order valence-electron chi connectivity index (χ0n) is 18.3. The van der Waals surface area contributed by atoms with Crippen molar-refractivity contribution in [2.45, 2.75) is 30.9 Å². The highest BCUT2D eigenvalue weighted by Gasteiger charge is 2.44. The largest absolute Gasteiger partial charge is 0.489 e. The van der Waals surface area contributed by atoms with Crippen LogP contribution in [-0.4, -0.2) is 67.3 Å². The summed E-state index contributed by atoms with van der Waals surface area (Å²) < 4.78 is 56.0. The normalized spacial score (nSPS) is 18.1. The number of hydrogen-bond donors (Lipinski definition) is 1. The van der Waals surface area contributed by atoms with E-state index in [1.807, 2.05) is 4.90 Å². The molecular formula is C23H24ClF3N2O5. The number of carbonyl (C=O) groups is 1. The minimum absolute atomic E-state index is 0.0351. The molecule has 0 bridgehead atoms. The SMILES string of the molecule is CN(C(=O)C(F)(F)F)c1ccccc1OC[C@H](O)CN1CCC2(CC1)Oc1ccc(Cl)cc1O2.